The van der Waals surface area contributed by atoms with E-state index in [-0.39, 0.29) is 12.5 Å². The highest BCUT2D eigenvalue weighted by Gasteiger charge is 2.30. The highest BCUT2D eigenvalue weighted by atomic mass is 35.5. The predicted molar refractivity (Wildman–Crippen MR) is 127 cm³/mol. The van der Waals surface area contributed by atoms with E-state index in [0.29, 0.717) is 53.9 Å². The summed E-state index contributed by atoms with van der Waals surface area (Å²) in [7, 11) is 1.60. The number of alkyl halides is 3. The highest BCUT2D eigenvalue weighted by molar-refractivity contribution is 7.09. The van der Waals surface area contributed by atoms with Crippen molar-refractivity contribution < 1.29 is 22.7 Å². The summed E-state index contributed by atoms with van der Waals surface area (Å²) in [6, 6.07) is 12.6. The lowest BCUT2D eigenvalue weighted by molar-refractivity contribution is -0.137. The van der Waals surface area contributed by atoms with Gasteiger partial charge in [-0.05, 0) is 35.7 Å². The molecule has 3 rings (SSSR count). The molecule has 0 radical (unpaired) electrons. The van der Waals surface area contributed by atoms with Gasteiger partial charge in [0.2, 0.25) is 0 Å². The van der Waals surface area contributed by atoms with Crippen LogP contribution in [0, 0.1) is 0 Å². The van der Waals surface area contributed by atoms with Gasteiger partial charge in [0.15, 0.2) is 0 Å². The lowest BCUT2D eigenvalue weighted by Crippen LogP contribution is -2.26. The summed E-state index contributed by atoms with van der Waals surface area (Å²) in [6.45, 7) is 2.13. The van der Waals surface area contributed by atoms with E-state index in [0.717, 1.165) is 17.7 Å². The molecule has 1 amide bonds. The van der Waals surface area contributed by atoms with Gasteiger partial charge >= 0.3 is 6.18 Å². The number of methoxy groups -OCH3 is 1. The van der Waals surface area contributed by atoms with Crippen molar-refractivity contribution in [2.75, 3.05) is 20.3 Å². The summed E-state index contributed by atoms with van der Waals surface area (Å²) in [5.41, 5.74) is 1.09. The predicted octanol–water partition coefficient (Wildman–Crippen LogP) is 5.78. The molecule has 0 saturated heterocycles. The molecule has 0 bridgehead atoms. The van der Waals surface area contributed by atoms with Crippen molar-refractivity contribution in [3.8, 4) is 0 Å². The Hall–Kier alpha value is -2.46. The molecule has 0 fully saturated rings. The zero-order chi connectivity index (χ0) is 24.6. The number of benzene rings is 2. The van der Waals surface area contributed by atoms with Crippen LogP contribution in [-0.2, 0) is 30.5 Å². The minimum atomic E-state index is -4.41. The number of rotatable bonds is 11. The van der Waals surface area contributed by atoms with Crippen molar-refractivity contribution in [3.05, 3.63) is 86.3 Å². The van der Waals surface area contributed by atoms with Crippen LogP contribution in [0.5, 0.6) is 0 Å². The molecule has 0 spiro atoms. The number of nitrogens with zero attached hydrogens (tertiary/aromatic N) is 2. The molecule has 34 heavy (non-hydrogen) atoms. The molecule has 0 unspecified atom stereocenters. The Morgan fingerprint density at radius 3 is 2.50 bits per heavy atom. The number of thiazole rings is 1. The first-order chi connectivity index (χ1) is 16.2. The lowest BCUT2D eigenvalue weighted by atomic mass is 10.1. The molecule has 10 heteroatoms. The molecule has 5 nitrogen and oxygen atoms in total. The fourth-order valence-electron chi connectivity index (χ4n) is 3.35. The summed E-state index contributed by atoms with van der Waals surface area (Å²) in [4.78, 5) is 18.7. The van der Waals surface area contributed by atoms with E-state index in [4.69, 9.17) is 16.3 Å². The fourth-order valence-corrected chi connectivity index (χ4v) is 4.38. The Morgan fingerprint density at radius 2 is 1.82 bits per heavy atom. The zero-order valence-corrected chi connectivity index (χ0v) is 20.1. The number of amides is 1. The average Bonchev–Trinajstić information content (AvgIpc) is 3.25. The normalized spacial score (nSPS) is 11.7. The van der Waals surface area contributed by atoms with Crippen LogP contribution in [0.4, 0.5) is 13.2 Å². The quantitative estimate of drug-likeness (QED) is 0.331. The second-order valence-electron chi connectivity index (χ2n) is 7.70. The SMILES string of the molecule is COCCCNC(=O)c1csc(CN(Cc2cccc(Cl)c2)Cc2cccc(C(F)(F)F)c2)n1. The standard InChI is InChI=1S/C24H25ClF3N3O2S/c1-33-10-4-9-29-23(32)21-16-34-22(30-21)15-31(14-18-6-3-8-20(25)12-18)13-17-5-2-7-19(11-17)24(26,27)28/h2-3,5-8,11-12,16H,4,9-10,13-15H2,1H3,(H,29,32). The lowest BCUT2D eigenvalue weighted by Gasteiger charge is -2.22. The van der Waals surface area contributed by atoms with E-state index in [1.165, 1.54) is 17.4 Å². The van der Waals surface area contributed by atoms with Crippen LogP contribution >= 0.6 is 22.9 Å². The second kappa shape index (κ2) is 12.3. The van der Waals surface area contributed by atoms with Crippen molar-refractivity contribution >= 4 is 28.8 Å². The third kappa shape index (κ3) is 8.09. The first kappa shape index (κ1) is 26.2. The van der Waals surface area contributed by atoms with Crippen LogP contribution in [0.15, 0.2) is 53.9 Å². The van der Waals surface area contributed by atoms with E-state index in [2.05, 4.69) is 10.3 Å². The Morgan fingerprint density at radius 1 is 1.12 bits per heavy atom. The van der Waals surface area contributed by atoms with Crippen molar-refractivity contribution in [1.29, 1.82) is 0 Å². The van der Waals surface area contributed by atoms with Crippen LogP contribution in [0.3, 0.4) is 0 Å². The molecule has 3 aromatic rings. The summed E-state index contributed by atoms with van der Waals surface area (Å²) in [6.07, 6.45) is -3.71. The largest absolute Gasteiger partial charge is 0.416 e. The Labute approximate surface area is 205 Å². The zero-order valence-electron chi connectivity index (χ0n) is 18.6. The van der Waals surface area contributed by atoms with Gasteiger partial charge in [0.1, 0.15) is 10.7 Å². The third-order valence-electron chi connectivity index (χ3n) is 4.91. The third-order valence-corrected chi connectivity index (χ3v) is 5.98. The maximum atomic E-state index is 13.2. The molecule has 0 aliphatic heterocycles. The number of hydrogen-bond acceptors (Lipinski definition) is 5. The van der Waals surface area contributed by atoms with Gasteiger partial charge in [-0.2, -0.15) is 13.2 Å². The average molecular weight is 512 g/mol. The Kier molecular flexibility index (Phi) is 9.46. The summed E-state index contributed by atoms with van der Waals surface area (Å²) in [5.74, 6) is -0.266. The first-order valence-electron chi connectivity index (χ1n) is 10.6. The molecule has 0 atom stereocenters. The highest BCUT2D eigenvalue weighted by Crippen LogP contribution is 2.30. The van der Waals surface area contributed by atoms with Gasteiger partial charge in [-0.3, -0.25) is 9.69 Å². The van der Waals surface area contributed by atoms with E-state index in [1.807, 2.05) is 23.1 Å². The number of carbonyl (C=O) groups excluding carboxylic acids is 1. The smallest absolute Gasteiger partial charge is 0.385 e. The molecule has 0 aliphatic rings. The molecule has 1 aromatic heterocycles. The minimum Gasteiger partial charge on any atom is -0.385 e. The molecule has 2 aromatic carbocycles. The van der Waals surface area contributed by atoms with Crippen LogP contribution in [0.1, 0.15) is 38.6 Å². The van der Waals surface area contributed by atoms with Gasteiger partial charge in [0.05, 0.1) is 12.1 Å². The summed E-state index contributed by atoms with van der Waals surface area (Å²) in [5, 5.41) is 5.75. The summed E-state index contributed by atoms with van der Waals surface area (Å²) >= 11 is 7.45. The molecule has 0 aliphatic carbocycles. The van der Waals surface area contributed by atoms with Gasteiger partial charge < -0.3 is 10.1 Å². The molecule has 182 valence electrons. The molecular weight excluding hydrogens is 487 g/mol. The van der Waals surface area contributed by atoms with Crippen molar-refractivity contribution in [3.63, 3.8) is 0 Å². The molecule has 1 N–H and O–H groups in total. The minimum absolute atomic E-state index is 0.266. The van der Waals surface area contributed by atoms with Gasteiger partial charge in [-0.1, -0.05) is 41.9 Å². The van der Waals surface area contributed by atoms with E-state index < -0.39 is 11.7 Å². The van der Waals surface area contributed by atoms with E-state index in [1.54, 1.807) is 24.6 Å². The number of ether oxygens (including phenoxy) is 1. The van der Waals surface area contributed by atoms with Crippen LogP contribution in [0.25, 0.3) is 0 Å². The van der Waals surface area contributed by atoms with Gasteiger partial charge in [-0.15, -0.1) is 11.3 Å². The Balaban J connectivity index is 1.74. The van der Waals surface area contributed by atoms with Crippen LogP contribution in [0.2, 0.25) is 5.02 Å². The summed E-state index contributed by atoms with van der Waals surface area (Å²) < 4.78 is 44.5. The number of hydrogen-bond donors (Lipinski definition) is 1. The topological polar surface area (TPSA) is 54.5 Å². The maximum Gasteiger partial charge on any atom is 0.416 e. The van der Waals surface area contributed by atoms with Crippen molar-refractivity contribution in [1.82, 2.24) is 15.2 Å². The van der Waals surface area contributed by atoms with Gasteiger partial charge in [0, 0.05) is 43.8 Å². The number of aromatic nitrogens is 1. The van der Waals surface area contributed by atoms with Crippen LogP contribution < -0.4 is 5.32 Å². The van der Waals surface area contributed by atoms with E-state index >= 15 is 0 Å². The number of carbonyl (C=O) groups is 1. The molecule has 0 saturated carbocycles. The van der Waals surface area contributed by atoms with Crippen LogP contribution in [-0.4, -0.2) is 36.1 Å². The molecule has 1 heterocycles. The first-order valence-corrected chi connectivity index (χ1v) is 11.8. The fraction of sp³-hybridized carbons (Fsp3) is 0.333. The van der Waals surface area contributed by atoms with Crippen molar-refractivity contribution in [2.45, 2.75) is 32.2 Å². The maximum absolute atomic E-state index is 13.2. The van der Waals surface area contributed by atoms with E-state index in [9.17, 15) is 18.0 Å². The Bertz CT molecular complexity index is 1090. The number of halogens is 4. The monoisotopic (exact) mass is 511 g/mol. The number of nitrogens with one attached hydrogen (secondary N) is 1. The van der Waals surface area contributed by atoms with Crippen molar-refractivity contribution in [2.24, 2.45) is 0 Å². The van der Waals surface area contributed by atoms with Gasteiger partial charge in [0.25, 0.3) is 5.91 Å². The second-order valence-corrected chi connectivity index (χ2v) is 9.08. The molecular formula is C24H25ClF3N3O2S. The van der Waals surface area contributed by atoms with Gasteiger partial charge in [-0.25, -0.2) is 4.98 Å².